The molecule has 2 amide bonds. The molecule has 0 saturated heterocycles. The molecule has 1 fully saturated rings. The molecule has 0 unspecified atom stereocenters. The lowest BCUT2D eigenvalue weighted by Gasteiger charge is -2.26. The molecule has 144 valence electrons. The second kappa shape index (κ2) is 8.59. The number of nitrogens with one attached hydrogen (secondary N) is 2. The zero-order chi connectivity index (χ0) is 18.5. The van der Waals surface area contributed by atoms with Crippen LogP contribution in [0.25, 0.3) is 0 Å². The molecule has 5 nitrogen and oxygen atoms in total. The summed E-state index contributed by atoms with van der Waals surface area (Å²) in [5, 5.41) is 11.0. The monoisotopic (exact) mass is 366 g/mol. The highest BCUT2D eigenvalue weighted by molar-refractivity contribution is 5.74. The number of amides is 2. The number of aromatic nitrogens is 2. The molecule has 2 aliphatic carbocycles. The van der Waals surface area contributed by atoms with Crippen molar-refractivity contribution in [3.05, 3.63) is 53.3 Å². The number of hydrogen-bond acceptors (Lipinski definition) is 2. The number of nitrogens with zero attached hydrogens (tertiary/aromatic N) is 2. The van der Waals surface area contributed by atoms with Crippen LogP contribution in [0.15, 0.2) is 36.5 Å². The third kappa shape index (κ3) is 4.52. The SMILES string of the molecule is O=C(NC1CCCCCC1)N[C@@H]1CCCc2c1cnn2Cc1ccccc1. The summed E-state index contributed by atoms with van der Waals surface area (Å²) in [6.45, 7) is 0.789. The first-order valence-electron chi connectivity index (χ1n) is 10.4. The predicted molar refractivity (Wildman–Crippen MR) is 107 cm³/mol. The fourth-order valence-corrected chi connectivity index (χ4v) is 4.47. The summed E-state index contributed by atoms with van der Waals surface area (Å²) in [7, 11) is 0. The Kier molecular flexibility index (Phi) is 5.75. The molecule has 0 bridgehead atoms. The van der Waals surface area contributed by atoms with Gasteiger partial charge in [0.1, 0.15) is 0 Å². The van der Waals surface area contributed by atoms with Gasteiger partial charge in [0.05, 0.1) is 18.8 Å². The molecule has 2 aliphatic rings. The average molecular weight is 367 g/mol. The second-order valence-electron chi connectivity index (χ2n) is 7.94. The number of fused-ring (bicyclic) bond motifs is 1. The van der Waals surface area contributed by atoms with Gasteiger partial charge in [0.25, 0.3) is 0 Å². The van der Waals surface area contributed by atoms with E-state index in [1.807, 2.05) is 12.3 Å². The van der Waals surface area contributed by atoms with Crippen LogP contribution in [0.1, 0.15) is 74.2 Å². The fourth-order valence-electron chi connectivity index (χ4n) is 4.47. The van der Waals surface area contributed by atoms with E-state index in [9.17, 15) is 4.79 Å². The van der Waals surface area contributed by atoms with Gasteiger partial charge in [-0.1, -0.05) is 56.0 Å². The normalized spacial score (nSPS) is 20.5. The van der Waals surface area contributed by atoms with E-state index in [1.165, 1.54) is 42.5 Å². The van der Waals surface area contributed by atoms with Gasteiger partial charge in [0.2, 0.25) is 0 Å². The van der Waals surface area contributed by atoms with Gasteiger partial charge in [-0.2, -0.15) is 5.10 Å². The van der Waals surface area contributed by atoms with Crippen LogP contribution in [0.5, 0.6) is 0 Å². The lowest BCUT2D eigenvalue weighted by Crippen LogP contribution is -2.44. The molecule has 5 heteroatoms. The molecule has 0 aliphatic heterocycles. The van der Waals surface area contributed by atoms with Crippen LogP contribution in [0, 0.1) is 0 Å². The first-order chi connectivity index (χ1) is 13.3. The first kappa shape index (κ1) is 18.1. The number of benzene rings is 1. The zero-order valence-electron chi connectivity index (χ0n) is 16.0. The van der Waals surface area contributed by atoms with Crippen molar-refractivity contribution in [2.45, 2.75) is 76.4 Å². The number of carbonyl (C=O) groups excluding carboxylic acids is 1. The quantitative estimate of drug-likeness (QED) is 0.791. The van der Waals surface area contributed by atoms with Crippen molar-refractivity contribution in [2.75, 3.05) is 0 Å². The lowest BCUT2D eigenvalue weighted by atomic mass is 9.93. The van der Waals surface area contributed by atoms with Gasteiger partial charge >= 0.3 is 6.03 Å². The van der Waals surface area contributed by atoms with Gasteiger partial charge in [0.15, 0.2) is 0 Å². The van der Waals surface area contributed by atoms with Crippen molar-refractivity contribution >= 4 is 6.03 Å². The maximum Gasteiger partial charge on any atom is 0.315 e. The Balaban J connectivity index is 1.40. The van der Waals surface area contributed by atoms with Crippen molar-refractivity contribution in [3.63, 3.8) is 0 Å². The molecule has 27 heavy (non-hydrogen) atoms. The standard InChI is InChI=1S/C22H30N4O/c27-22(24-18-11-6-1-2-7-12-18)25-20-13-8-14-21-19(20)15-23-26(21)16-17-9-4-3-5-10-17/h3-5,9-10,15,18,20H,1-2,6-8,11-14,16H2,(H2,24,25,27)/t20-/m1/s1. The molecule has 2 N–H and O–H groups in total. The van der Waals surface area contributed by atoms with Crippen molar-refractivity contribution in [2.24, 2.45) is 0 Å². The second-order valence-corrected chi connectivity index (χ2v) is 7.94. The van der Waals surface area contributed by atoms with Crippen molar-refractivity contribution in [1.82, 2.24) is 20.4 Å². The number of hydrogen-bond donors (Lipinski definition) is 2. The Bertz CT molecular complexity index is 747. The Morgan fingerprint density at radius 3 is 2.56 bits per heavy atom. The van der Waals surface area contributed by atoms with E-state index in [1.54, 1.807) is 0 Å². The Morgan fingerprint density at radius 1 is 1.00 bits per heavy atom. The van der Waals surface area contributed by atoms with Crippen molar-refractivity contribution in [1.29, 1.82) is 0 Å². The highest BCUT2D eigenvalue weighted by Gasteiger charge is 2.26. The topological polar surface area (TPSA) is 59.0 Å². The molecular formula is C22H30N4O. The van der Waals surface area contributed by atoms with E-state index in [0.717, 1.165) is 38.6 Å². The van der Waals surface area contributed by atoms with Gasteiger partial charge in [0, 0.05) is 17.3 Å². The minimum atomic E-state index is -0.0180. The molecule has 0 radical (unpaired) electrons. The molecular weight excluding hydrogens is 336 g/mol. The summed E-state index contributed by atoms with van der Waals surface area (Å²) < 4.78 is 2.10. The van der Waals surface area contributed by atoms with Gasteiger partial charge in [-0.15, -0.1) is 0 Å². The number of urea groups is 1. The molecule has 4 rings (SSSR count). The van der Waals surface area contributed by atoms with Crippen LogP contribution in [-0.2, 0) is 13.0 Å². The number of carbonyl (C=O) groups is 1. The third-order valence-corrected chi connectivity index (χ3v) is 5.93. The molecule has 1 aromatic heterocycles. The average Bonchev–Trinajstić information content (AvgIpc) is 2.91. The molecule has 1 aromatic carbocycles. The van der Waals surface area contributed by atoms with Crippen LogP contribution in [-0.4, -0.2) is 21.9 Å². The minimum Gasteiger partial charge on any atom is -0.335 e. The van der Waals surface area contributed by atoms with Crippen molar-refractivity contribution < 1.29 is 4.79 Å². The fraction of sp³-hybridized carbons (Fsp3) is 0.545. The van der Waals surface area contributed by atoms with Crippen LogP contribution in [0.3, 0.4) is 0 Å². The first-order valence-corrected chi connectivity index (χ1v) is 10.4. The molecule has 0 spiro atoms. The zero-order valence-corrected chi connectivity index (χ0v) is 16.0. The van der Waals surface area contributed by atoms with Gasteiger partial charge < -0.3 is 10.6 Å². The molecule has 2 aromatic rings. The highest BCUT2D eigenvalue weighted by atomic mass is 16.2. The van der Waals surface area contributed by atoms with Crippen LogP contribution >= 0.6 is 0 Å². The summed E-state index contributed by atoms with van der Waals surface area (Å²) >= 11 is 0. The maximum absolute atomic E-state index is 12.5. The van der Waals surface area contributed by atoms with E-state index in [4.69, 9.17) is 0 Å². The third-order valence-electron chi connectivity index (χ3n) is 5.93. The van der Waals surface area contributed by atoms with Crippen LogP contribution in [0.4, 0.5) is 4.79 Å². The predicted octanol–water partition coefficient (Wildman–Crippen LogP) is 4.33. The summed E-state index contributed by atoms with van der Waals surface area (Å²) in [5.41, 5.74) is 3.71. The Hall–Kier alpha value is -2.30. The maximum atomic E-state index is 12.5. The summed E-state index contributed by atoms with van der Waals surface area (Å²) in [6.07, 6.45) is 12.3. The van der Waals surface area contributed by atoms with Crippen LogP contribution < -0.4 is 10.6 Å². The van der Waals surface area contributed by atoms with E-state index in [2.05, 4.69) is 44.7 Å². The van der Waals surface area contributed by atoms with Gasteiger partial charge in [-0.05, 0) is 37.7 Å². The van der Waals surface area contributed by atoms with E-state index in [0.29, 0.717) is 6.04 Å². The molecule has 1 atom stereocenters. The van der Waals surface area contributed by atoms with Crippen molar-refractivity contribution in [3.8, 4) is 0 Å². The largest absolute Gasteiger partial charge is 0.335 e. The minimum absolute atomic E-state index is 0.0180. The highest BCUT2D eigenvalue weighted by Crippen LogP contribution is 2.30. The van der Waals surface area contributed by atoms with Gasteiger partial charge in [-0.25, -0.2) is 4.79 Å². The van der Waals surface area contributed by atoms with E-state index in [-0.39, 0.29) is 12.1 Å². The lowest BCUT2D eigenvalue weighted by molar-refractivity contribution is 0.230. The Morgan fingerprint density at radius 2 is 1.78 bits per heavy atom. The number of rotatable bonds is 4. The van der Waals surface area contributed by atoms with Gasteiger partial charge in [-0.3, -0.25) is 4.68 Å². The van der Waals surface area contributed by atoms with E-state index < -0.39 is 0 Å². The van der Waals surface area contributed by atoms with Crippen LogP contribution in [0.2, 0.25) is 0 Å². The molecule has 1 heterocycles. The summed E-state index contributed by atoms with van der Waals surface area (Å²) in [5.74, 6) is 0. The summed E-state index contributed by atoms with van der Waals surface area (Å²) in [6, 6.07) is 10.8. The Labute approximate surface area is 161 Å². The summed E-state index contributed by atoms with van der Waals surface area (Å²) in [4.78, 5) is 12.5. The van der Waals surface area contributed by atoms with E-state index >= 15 is 0 Å². The smallest absolute Gasteiger partial charge is 0.315 e. The molecule has 1 saturated carbocycles.